The number of furan rings is 1. The summed E-state index contributed by atoms with van der Waals surface area (Å²) < 4.78 is 25.0. The largest absolute Gasteiger partial charge is 0.484 e. The molecule has 0 aliphatic carbocycles. The molecule has 1 aromatic heterocycles. The maximum absolute atomic E-state index is 13.2. The number of ether oxygens (including phenoxy) is 1. The van der Waals surface area contributed by atoms with E-state index >= 15 is 0 Å². The molecule has 0 bridgehead atoms. The number of benzene rings is 2. The van der Waals surface area contributed by atoms with E-state index in [1.165, 1.54) is 18.3 Å². The first kappa shape index (κ1) is 17.9. The minimum atomic E-state index is -0.405. The molecule has 1 amide bonds. The third kappa shape index (κ3) is 5.03. The molecule has 3 rings (SSSR count). The number of halogens is 2. The monoisotopic (exact) mass is 416 g/mol. The van der Waals surface area contributed by atoms with Crippen molar-refractivity contribution in [3.8, 4) is 17.1 Å². The number of hydrogen-bond donors (Lipinski definition) is 1. The van der Waals surface area contributed by atoms with Crippen molar-refractivity contribution in [3.63, 3.8) is 0 Å². The van der Waals surface area contributed by atoms with Crippen LogP contribution < -0.4 is 10.2 Å². The van der Waals surface area contributed by atoms with E-state index in [1.54, 1.807) is 36.4 Å². The second kappa shape index (κ2) is 8.44. The molecule has 3 aromatic rings. The van der Waals surface area contributed by atoms with Crippen LogP contribution in [0.2, 0.25) is 0 Å². The summed E-state index contributed by atoms with van der Waals surface area (Å²) in [7, 11) is 0. The van der Waals surface area contributed by atoms with Gasteiger partial charge in [-0.3, -0.25) is 4.79 Å². The van der Waals surface area contributed by atoms with Gasteiger partial charge < -0.3 is 9.15 Å². The summed E-state index contributed by atoms with van der Waals surface area (Å²) in [6, 6.07) is 16.6. The van der Waals surface area contributed by atoms with Crippen molar-refractivity contribution in [2.75, 3.05) is 6.61 Å². The molecule has 0 spiro atoms. The predicted octanol–water partition coefficient (Wildman–Crippen LogP) is 4.38. The van der Waals surface area contributed by atoms with Crippen LogP contribution in [0.25, 0.3) is 11.3 Å². The van der Waals surface area contributed by atoms with E-state index in [2.05, 4.69) is 26.5 Å². The highest BCUT2D eigenvalue weighted by Gasteiger charge is 2.05. The molecule has 0 saturated heterocycles. The van der Waals surface area contributed by atoms with Crippen LogP contribution in [0.5, 0.6) is 5.75 Å². The smallest absolute Gasteiger partial charge is 0.277 e. The lowest BCUT2D eigenvalue weighted by atomic mass is 10.2. The van der Waals surface area contributed by atoms with Gasteiger partial charge in [0.05, 0.1) is 6.21 Å². The molecule has 0 atom stereocenters. The lowest BCUT2D eigenvalue weighted by Gasteiger charge is -2.04. The van der Waals surface area contributed by atoms with Gasteiger partial charge in [0.15, 0.2) is 6.61 Å². The summed E-state index contributed by atoms with van der Waals surface area (Å²) >= 11 is 3.32. The minimum Gasteiger partial charge on any atom is -0.484 e. The van der Waals surface area contributed by atoms with E-state index in [0.29, 0.717) is 22.8 Å². The Labute approximate surface area is 157 Å². The Morgan fingerprint density at radius 1 is 1.19 bits per heavy atom. The number of rotatable bonds is 6. The Bertz CT molecular complexity index is 940. The van der Waals surface area contributed by atoms with E-state index < -0.39 is 5.91 Å². The van der Waals surface area contributed by atoms with E-state index in [9.17, 15) is 9.18 Å². The van der Waals surface area contributed by atoms with Gasteiger partial charge in [-0.1, -0.05) is 34.1 Å². The third-order valence-electron chi connectivity index (χ3n) is 3.28. The second-order valence-corrected chi connectivity index (χ2v) is 6.17. The highest BCUT2D eigenvalue weighted by Crippen LogP contribution is 2.22. The van der Waals surface area contributed by atoms with Crippen molar-refractivity contribution in [3.05, 3.63) is 76.7 Å². The van der Waals surface area contributed by atoms with Crippen molar-refractivity contribution in [1.29, 1.82) is 0 Å². The molecule has 0 fully saturated rings. The lowest BCUT2D eigenvalue weighted by molar-refractivity contribution is -0.123. The van der Waals surface area contributed by atoms with Crippen molar-refractivity contribution in [2.24, 2.45) is 5.10 Å². The summed E-state index contributed by atoms with van der Waals surface area (Å²) in [6.45, 7) is -0.166. The van der Waals surface area contributed by atoms with Crippen molar-refractivity contribution in [1.82, 2.24) is 5.43 Å². The van der Waals surface area contributed by atoms with Gasteiger partial charge in [0, 0.05) is 10.0 Å². The van der Waals surface area contributed by atoms with Gasteiger partial charge in [-0.2, -0.15) is 5.10 Å². The zero-order chi connectivity index (χ0) is 18.4. The molecule has 132 valence electrons. The highest BCUT2D eigenvalue weighted by atomic mass is 79.9. The van der Waals surface area contributed by atoms with Crippen LogP contribution in [-0.4, -0.2) is 18.7 Å². The Balaban J connectivity index is 1.51. The van der Waals surface area contributed by atoms with Crippen LogP contribution in [0.15, 0.2) is 74.7 Å². The molecular weight excluding hydrogens is 403 g/mol. The third-order valence-corrected chi connectivity index (χ3v) is 3.78. The maximum Gasteiger partial charge on any atom is 0.277 e. The summed E-state index contributed by atoms with van der Waals surface area (Å²) in [5, 5.41) is 3.81. The van der Waals surface area contributed by atoms with Crippen molar-refractivity contribution in [2.45, 2.75) is 0 Å². The zero-order valence-corrected chi connectivity index (χ0v) is 15.1. The van der Waals surface area contributed by atoms with E-state index in [0.717, 1.165) is 4.47 Å². The SMILES string of the molecule is O=C(COc1cccc(Br)c1)N/N=C/c1ccc(-c2cccc(F)c2)o1. The van der Waals surface area contributed by atoms with Gasteiger partial charge in [0.25, 0.3) is 5.91 Å². The molecule has 0 radical (unpaired) electrons. The second-order valence-electron chi connectivity index (χ2n) is 5.25. The molecular formula is C19H14BrFN2O3. The first-order valence-electron chi connectivity index (χ1n) is 7.66. The van der Waals surface area contributed by atoms with Gasteiger partial charge in [-0.25, -0.2) is 9.82 Å². The number of nitrogens with one attached hydrogen (secondary N) is 1. The van der Waals surface area contributed by atoms with Gasteiger partial charge in [0.1, 0.15) is 23.1 Å². The van der Waals surface area contributed by atoms with Gasteiger partial charge >= 0.3 is 0 Å². The average Bonchev–Trinajstić information content (AvgIpc) is 3.09. The molecule has 1 heterocycles. The van der Waals surface area contributed by atoms with Gasteiger partial charge in [-0.15, -0.1) is 0 Å². The standard InChI is InChI=1S/C19H14BrFN2O3/c20-14-4-2-6-16(10-14)25-12-19(24)23-22-11-17-7-8-18(26-17)13-3-1-5-15(21)9-13/h1-11H,12H2,(H,23,24)/b22-11+. The van der Waals surface area contributed by atoms with Crippen LogP contribution in [0, 0.1) is 5.82 Å². The Kier molecular flexibility index (Phi) is 5.80. The lowest BCUT2D eigenvalue weighted by Crippen LogP contribution is -2.24. The molecule has 26 heavy (non-hydrogen) atoms. The topological polar surface area (TPSA) is 63.8 Å². The van der Waals surface area contributed by atoms with Crippen LogP contribution in [-0.2, 0) is 4.79 Å². The molecule has 0 aliphatic rings. The van der Waals surface area contributed by atoms with Crippen LogP contribution >= 0.6 is 15.9 Å². The highest BCUT2D eigenvalue weighted by molar-refractivity contribution is 9.10. The van der Waals surface area contributed by atoms with E-state index in [4.69, 9.17) is 9.15 Å². The van der Waals surface area contributed by atoms with E-state index in [1.807, 2.05) is 12.1 Å². The number of carbonyl (C=O) groups excluding carboxylic acids is 1. The normalized spacial score (nSPS) is 10.8. The number of hydrazone groups is 1. The average molecular weight is 417 g/mol. The fourth-order valence-corrected chi connectivity index (χ4v) is 2.50. The van der Waals surface area contributed by atoms with Crippen LogP contribution in [0.1, 0.15) is 5.76 Å². The number of amides is 1. The number of hydrogen-bond acceptors (Lipinski definition) is 4. The zero-order valence-electron chi connectivity index (χ0n) is 13.5. The summed E-state index contributed by atoms with van der Waals surface area (Å²) in [4.78, 5) is 11.7. The van der Waals surface area contributed by atoms with Crippen LogP contribution in [0.4, 0.5) is 4.39 Å². The fourth-order valence-electron chi connectivity index (χ4n) is 2.12. The molecule has 0 unspecified atom stereocenters. The first-order chi connectivity index (χ1) is 12.6. The predicted molar refractivity (Wildman–Crippen MR) is 99.5 cm³/mol. The Morgan fingerprint density at radius 3 is 2.85 bits per heavy atom. The first-order valence-corrected chi connectivity index (χ1v) is 8.45. The molecule has 5 nitrogen and oxygen atoms in total. The molecule has 0 aliphatic heterocycles. The number of carbonyl (C=O) groups is 1. The summed E-state index contributed by atoms with van der Waals surface area (Å²) in [6.07, 6.45) is 1.36. The summed E-state index contributed by atoms with van der Waals surface area (Å²) in [5.41, 5.74) is 2.97. The minimum absolute atomic E-state index is 0.166. The Morgan fingerprint density at radius 2 is 2.04 bits per heavy atom. The molecule has 1 N–H and O–H groups in total. The van der Waals surface area contributed by atoms with E-state index in [-0.39, 0.29) is 12.4 Å². The van der Waals surface area contributed by atoms with Gasteiger partial charge in [-0.05, 0) is 42.5 Å². The van der Waals surface area contributed by atoms with Gasteiger partial charge in [0.2, 0.25) is 0 Å². The maximum atomic E-state index is 13.2. The number of nitrogens with zero attached hydrogens (tertiary/aromatic N) is 1. The quantitative estimate of drug-likeness (QED) is 0.479. The fraction of sp³-hybridized carbons (Fsp3) is 0.0526. The summed E-state index contributed by atoms with van der Waals surface area (Å²) in [5.74, 6) is 0.766. The molecule has 2 aromatic carbocycles. The molecule has 0 saturated carbocycles. The van der Waals surface area contributed by atoms with Crippen molar-refractivity contribution < 1.29 is 18.3 Å². The molecule has 7 heteroatoms. The van der Waals surface area contributed by atoms with Crippen molar-refractivity contribution >= 4 is 28.1 Å². The Hall–Kier alpha value is -2.93. The van der Waals surface area contributed by atoms with Crippen LogP contribution in [0.3, 0.4) is 0 Å².